The van der Waals surface area contributed by atoms with E-state index < -0.39 is 35.4 Å². The van der Waals surface area contributed by atoms with Crippen LogP contribution in [0.4, 0.5) is 23.0 Å². The largest absolute Gasteiger partial charge is 0.391 e. The van der Waals surface area contributed by atoms with Crippen LogP contribution in [0.5, 0.6) is 0 Å². The Kier molecular flexibility index (Phi) is 17.6. The lowest BCUT2D eigenvalue weighted by Crippen LogP contribution is -2.58. The number of anilines is 4. The summed E-state index contributed by atoms with van der Waals surface area (Å²) in [6.07, 6.45) is 7.60. The Labute approximate surface area is 415 Å². The van der Waals surface area contributed by atoms with Crippen molar-refractivity contribution in [3.8, 4) is 21.8 Å². The summed E-state index contributed by atoms with van der Waals surface area (Å²) in [6.45, 7) is 8.77. The minimum atomic E-state index is -0.989. The van der Waals surface area contributed by atoms with E-state index in [0.29, 0.717) is 41.8 Å². The number of nitrogens with zero attached hydrogens (tertiary/aromatic N) is 8. The first-order chi connectivity index (χ1) is 34.1. The molecule has 4 amide bonds. The van der Waals surface area contributed by atoms with Gasteiger partial charge in [-0.2, -0.15) is 0 Å². The average Bonchev–Trinajstić information content (AvgIpc) is 4.12. The highest BCUT2D eigenvalue weighted by Gasteiger charge is 2.44. The van der Waals surface area contributed by atoms with Gasteiger partial charge in [-0.1, -0.05) is 45.0 Å². The molecule has 7 N–H and O–H groups in total. The Morgan fingerprint density at radius 1 is 0.915 bits per heavy atom. The summed E-state index contributed by atoms with van der Waals surface area (Å²) >= 11 is 1.57. The second-order valence-corrected chi connectivity index (χ2v) is 18.9. The lowest BCUT2D eigenvalue weighted by molar-refractivity contribution is -0.144. The highest BCUT2D eigenvalue weighted by atomic mass is 32.1. The summed E-state index contributed by atoms with van der Waals surface area (Å²) in [4.78, 5) is 79.1. The van der Waals surface area contributed by atoms with Gasteiger partial charge in [0.25, 0.3) is 0 Å². The topological polar surface area (TPSA) is 266 Å². The zero-order chi connectivity index (χ0) is 50.5. The summed E-state index contributed by atoms with van der Waals surface area (Å²) in [6, 6.07) is 13.7. The maximum atomic E-state index is 13.9. The van der Waals surface area contributed by atoms with Gasteiger partial charge in [0.15, 0.2) is 11.5 Å². The molecule has 0 spiro atoms. The summed E-state index contributed by atoms with van der Waals surface area (Å²) in [5, 5.41) is 22.4. The van der Waals surface area contributed by atoms with Gasteiger partial charge in [0.1, 0.15) is 42.5 Å². The number of aliphatic hydroxyl groups is 1. The smallest absolute Gasteiger partial charge is 0.246 e. The number of nitrogens with two attached hydrogens (primary N) is 1. The first-order valence-corrected chi connectivity index (χ1v) is 24.1. The summed E-state index contributed by atoms with van der Waals surface area (Å²) in [7, 11) is 1.93. The van der Waals surface area contributed by atoms with Crippen molar-refractivity contribution in [2.75, 3.05) is 82.3 Å². The van der Waals surface area contributed by atoms with Gasteiger partial charge >= 0.3 is 0 Å². The van der Waals surface area contributed by atoms with Gasteiger partial charge < -0.3 is 60.5 Å². The molecule has 5 heterocycles. The third-order valence-electron chi connectivity index (χ3n) is 11.6. The van der Waals surface area contributed by atoms with Crippen molar-refractivity contribution < 1.29 is 38.5 Å². The van der Waals surface area contributed by atoms with E-state index in [1.807, 2.05) is 105 Å². The standard InChI is InChI=1S/C49H61N13O8S/c1-31-43(71-30-55-31)33-8-6-32(7-9-33)23-54-47(66)39-22-36(63)26-62(39)48(67)44(49(2,3)4)59-42(65)29-70-21-19-68-18-20-69-28-41(64)52-14-16-60(5)35-12-10-34(11-13-35)56-45-46-53-15-17-61(46)27-38(58-45)37-24-51-25-40(50)57-37/h6-13,15,17,24-25,27,30,36,39,44,63H,14,16,18-23,26,28-29H2,1-5H3,(H2,50,57)(H,52,64)(H,54,66)(H,56,58)(H,59,65)/t36-,39+,44-/m1/s1. The van der Waals surface area contributed by atoms with Crippen LogP contribution in [0.25, 0.3) is 27.5 Å². The molecule has 0 radical (unpaired) electrons. The van der Waals surface area contributed by atoms with E-state index >= 15 is 0 Å². The van der Waals surface area contributed by atoms with Crippen molar-refractivity contribution in [2.45, 2.75) is 58.8 Å². The predicted molar refractivity (Wildman–Crippen MR) is 269 cm³/mol. The Morgan fingerprint density at radius 2 is 1.63 bits per heavy atom. The number of ether oxygens (including phenoxy) is 3. The van der Waals surface area contributed by atoms with Crippen molar-refractivity contribution in [1.29, 1.82) is 0 Å². The monoisotopic (exact) mass is 991 g/mol. The predicted octanol–water partition coefficient (Wildman–Crippen LogP) is 3.36. The number of aromatic nitrogens is 6. The number of aryl methyl sites for hydroxylation is 1. The normalized spacial score (nSPS) is 15.1. The molecule has 71 heavy (non-hydrogen) atoms. The Hall–Kier alpha value is -7.11. The van der Waals surface area contributed by atoms with Crippen LogP contribution in [0.1, 0.15) is 38.4 Å². The summed E-state index contributed by atoms with van der Waals surface area (Å²) < 4.78 is 18.4. The van der Waals surface area contributed by atoms with Crippen molar-refractivity contribution in [3.05, 3.63) is 96.3 Å². The molecular formula is C49H61N13O8S. The number of likely N-dealkylation sites (N-methyl/N-ethyl adjacent to an activating group) is 1. The van der Waals surface area contributed by atoms with E-state index in [0.717, 1.165) is 33.1 Å². The van der Waals surface area contributed by atoms with Crippen molar-refractivity contribution in [1.82, 2.24) is 50.2 Å². The number of carbonyl (C=O) groups excluding carboxylic acids is 4. The molecule has 1 aliphatic rings. The molecule has 0 bridgehead atoms. The van der Waals surface area contributed by atoms with E-state index in [2.05, 4.69) is 41.2 Å². The average molecular weight is 992 g/mol. The van der Waals surface area contributed by atoms with Crippen molar-refractivity contribution >= 4 is 63.6 Å². The van der Waals surface area contributed by atoms with Crippen molar-refractivity contribution in [3.63, 3.8) is 0 Å². The number of fused-ring (bicyclic) bond motifs is 1. The van der Waals surface area contributed by atoms with E-state index in [-0.39, 0.29) is 71.0 Å². The van der Waals surface area contributed by atoms with Crippen LogP contribution in [0.2, 0.25) is 0 Å². The van der Waals surface area contributed by atoms with Crippen molar-refractivity contribution in [2.24, 2.45) is 5.41 Å². The highest BCUT2D eigenvalue weighted by Crippen LogP contribution is 2.29. The number of aliphatic hydroxyl groups excluding tert-OH is 1. The van der Waals surface area contributed by atoms with Crippen LogP contribution in [-0.2, 0) is 39.9 Å². The molecule has 7 rings (SSSR count). The van der Waals surface area contributed by atoms with Crippen LogP contribution in [-0.4, -0.2) is 147 Å². The van der Waals surface area contributed by atoms with Gasteiger partial charge in [0.2, 0.25) is 23.6 Å². The van der Waals surface area contributed by atoms with Crippen LogP contribution >= 0.6 is 11.3 Å². The molecule has 0 unspecified atom stereocenters. The maximum absolute atomic E-state index is 13.9. The molecule has 1 fully saturated rings. The van der Waals surface area contributed by atoms with E-state index in [1.54, 1.807) is 29.2 Å². The minimum Gasteiger partial charge on any atom is -0.391 e. The van der Waals surface area contributed by atoms with E-state index in [4.69, 9.17) is 24.9 Å². The second-order valence-electron chi connectivity index (χ2n) is 18.1. The quantitative estimate of drug-likeness (QED) is 0.0503. The third-order valence-corrected chi connectivity index (χ3v) is 12.5. The number of hydrogen-bond donors (Lipinski definition) is 6. The van der Waals surface area contributed by atoms with Crippen LogP contribution in [0.15, 0.2) is 85.0 Å². The van der Waals surface area contributed by atoms with E-state index in [9.17, 15) is 24.3 Å². The van der Waals surface area contributed by atoms with Gasteiger partial charge in [-0.25, -0.2) is 19.9 Å². The summed E-state index contributed by atoms with van der Waals surface area (Å²) in [5.41, 5.74) is 13.3. The van der Waals surface area contributed by atoms with Gasteiger partial charge in [0.05, 0.1) is 61.0 Å². The van der Waals surface area contributed by atoms with Crippen LogP contribution < -0.4 is 31.9 Å². The summed E-state index contributed by atoms with van der Waals surface area (Å²) in [5.74, 6) is -0.784. The number of rotatable bonds is 23. The number of benzene rings is 2. The number of thiazole rings is 1. The fourth-order valence-corrected chi connectivity index (χ4v) is 8.58. The number of nitrogens with one attached hydrogen (secondary N) is 4. The zero-order valence-electron chi connectivity index (χ0n) is 40.5. The van der Waals surface area contributed by atoms with Gasteiger partial charge in [0, 0.05) is 69.6 Å². The lowest BCUT2D eigenvalue weighted by Gasteiger charge is -2.35. The molecule has 1 aliphatic heterocycles. The lowest BCUT2D eigenvalue weighted by atomic mass is 9.85. The number of imidazole rings is 1. The molecule has 0 saturated carbocycles. The fourth-order valence-electron chi connectivity index (χ4n) is 7.77. The molecule has 4 aromatic heterocycles. The number of likely N-dealkylation sites (tertiary alicyclic amines) is 1. The minimum absolute atomic E-state index is 0.0322. The molecule has 21 nitrogen and oxygen atoms in total. The van der Waals surface area contributed by atoms with Gasteiger partial charge in [-0.05, 0) is 47.7 Å². The Morgan fingerprint density at radius 3 is 2.32 bits per heavy atom. The van der Waals surface area contributed by atoms with Crippen LogP contribution in [0, 0.1) is 12.3 Å². The highest BCUT2D eigenvalue weighted by molar-refractivity contribution is 7.13. The molecular weight excluding hydrogens is 931 g/mol. The SMILES string of the molecule is Cc1ncsc1-c1ccc(CNC(=O)[C@@H]2C[C@@H](O)CN2C(=O)[C@@H](NC(=O)COCCOCCOCC(=O)NCCN(C)c2ccc(Nc3nc(-c4cncc(N)n4)cn4ccnc34)cc2)C(C)(C)C)cc1. The second kappa shape index (κ2) is 24.1. The first-order valence-electron chi connectivity index (χ1n) is 23.2. The third kappa shape index (κ3) is 14.3. The number of hydrogen-bond acceptors (Lipinski definition) is 17. The molecule has 1 saturated heterocycles. The van der Waals surface area contributed by atoms with Gasteiger partial charge in [-0.3, -0.25) is 24.2 Å². The van der Waals surface area contributed by atoms with Crippen LogP contribution in [0.3, 0.4) is 0 Å². The number of β-amino-alcohol motifs (C(OH)–C–C–N with tert-alkyl or cyclic N) is 1. The molecule has 2 aromatic carbocycles. The zero-order valence-corrected chi connectivity index (χ0v) is 41.3. The molecule has 22 heteroatoms. The number of amides is 4. The fraction of sp³-hybridized carbons (Fsp3) is 0.408. The Bertz CT molecular complexity index is 2750. The Balaban J connectivity index is 0.746. The maximum Gasteiger partial charge on any atom is 0.246 e. The number of nitrogen functional groups attached to an aromatic ring is 1. The molecule has 6 aromatic rings. The van der Waals surface area contributed by atoms with Gasteiger partial charge in [-0.15, -0.1) is 11.3 Å². The molecule has 376 valence electrons. The number of carbonyl (C=O) groups is 4. The first kappa shape index (κ1) is 51.7. The molecule has 3 atom stereocenters. The van der Waals surface area contributed by atoms with E-state index in [1.165, 1.54) is 11.1 Å². The molecule has 0 aliphatic carbocycles.